The zero-order valence-electron chi connectivity index (χ0n) is 13.2. The van der Waals surface area contributed by atoms with Crippen molar-refractivity contribution >= 4 is 5.71 Å². The van der Waals surface area contributed by atoms with Crippen LogP contribution in [0.25, 0.3) is 0 Å². The third kappa shape index (κ3) is 3.69. The Balaban J connectivity index is 3.53. The SMILES string of the molecule is C=CC(=NC=C(C)C)C(F)(F)[C@](O)(CC)c1ccc(F)cc1F. The van der Waals surface area contributed by atoms with Crippen LogP contribution in [0.15, 0.2) is 47.6 Å². The second kappa shape index (κ2) is 7.08. The molecule has 0 heterocycles. The van der Waals surface area contributed by atoms with Gasteiger partial charge in [0.15, 0.2) is 5.60 Å². The lowest BCUT2D eigenvalue weighted by atomic mass is 9.82. The van der Waals surface area contributed by atoms with Crippen LogP contribution < -0.4 is 0 Å². The largest absolute Gasteiger partial charge is 0.378 e. The zero-order chi connectivity index (χ0) is 17.8. The molecule has 1 aromatic carbocycles. The quantitative estimate of drug-likeness (QED) is 0.593. The lowest BCUT2D eigenvalue weighted by molar-refractivity contribution is -0.145. The number of hydrogen-bond acceptors (Lipinski definition) is 2. The van der Waals surface area contributed by atoms with Gasteiger partial charge in [-0.25, -0.2) is 8.78 Å². The summed E-state index contributed by atoms with van der Waals surface area (Å²) < 4.78 is 56.6. The maximum absolute atomic E-state index is 14.8. The normalized spacial score (nSPS) is 15.0. The third-order valence-electron chi connectivity index (χ3n) is 3.38. The molecule has 2 nitrogen and oxygen atoms in total. The minimum absolute atomic E-state index is 0.451. The van der Waals surface area contributed by atoms with Crippen LogP contribution in [0.3, 0.4) is 0 Å². The maximum atomic E-state index is 14.8. The Hall–Kier alpha value is -1.95. The molecule has 1 aromatic rings. The molecule has 0 unspecified atom stereocenters. The summed E-state index contributed by atoms with van der Waals surface area (Å²) >= 11 is 0. The maximum Gasteiger partial charge on any atom is 0.321 e. The molecule has 1 atom stereocenters. The van der Waals surface area contributed by atoms with Crippen LogP contribution in [0, 0.1) is 11.6 Å². The summed E-state index contributed by atoms with van der Waals surface area (Å²) in [4.78, 5) is 3.63. The van der Waals surface area contributed by atoms with Crippen molar-refractivity contribution in [3.8, 4) is 0 Å². The first-order valence-corrected chi connectivity index (χ1v) is 7.00. The van der Waals surface area contributed by atoms with E-state index in [2.05, 4.69) is 11.6 Å². The first-order valence-electron chi connectivity index (χ1n) is 7.00. The molecule has 0 saturated heterocycles. The highest BCUT2D eigenvalue weighted by atomic mass is 19.3. The lowest BCUT2D eigenvalue weighted by Crippen LogP contribution is -2.50. The van der Waals surface area contributed by atoms with E-state index < -0.39 is 40.9 Å². The van der Waals surface area contributed by atoms with Crippen molar-refractivity contribution < 1.29 is 22.7 Å². The number of allylic oxidation sites excluding steroid dienone is 2. The number of aliphatic imine (C=N–C) groups is 1. The van der Waals surface area contributed by atoms with Gasteiger partial charge in [0.1, 0.15) is 17.3 Å². The second-order valence-electron chi connectivity index (χ2n) is 5.34. The molecule has 126 valence electrons. The fourth-order valence-electron chi connectivity index (χ4n) is 2.08. The van der Waals surface area contributed by atoms with Gasteiger partial charge in [0, 0.05) is 17.8 Å². The average molecular weight is 329 g/mol. The summed E-state index contributed by atoms with van der Waals surface area (Å²) in [5.41, 5.74) is -3.72. The van der Waals surface area contributed by atoms with Crippen molar-refractivity contribution in [2.45, 2.75) is 38.7 Å². The van der Waals surface area contributed by atoms with Crippen LogP contribution in [-0.2, 0) is 5.60 Å². The molecule has 0 bridgehead atoms. The molecule has 0 saturated carbocycles. The number of aliphatic hydroxyl groups is 1. The van der Waals surface area contributed by atoms with Crippen LogP contribution >= 0.6 is 0 Å². The predicted molar refractivity (Wildman–Crippen MR) is 82.6 cm³/mol. The van der Waals surface area contributed by atoms with Gasteiger partial charge in [0.05, 0.1) is 0 Å². The van der Waals surface area contributed by atoms with Gasteiger partial charge >= 0.3 is 5.92 Å². The number of alkyl halides is 2. The topological polar surface area (TPSA) is 32.6 Å². The van der Waals surface area contributed by atoms with E-state index >= 15 is 0 Å². The number of rotatable bonds is 6. The summed E-state index contributed by atoms with van der Waals surface area (Å²) in [7, 11) is 0. The molecule has 1 N–H and O–H groups in total. The molecule has 0 spiro atoms. The van der Waals surface area contributed by atoms with E-state index in [1.165, 1.54) is 13.1 Å². The highest BCUT2D eigenvalue weighted by Gasteiger charge is 2.56. The Bertz CT molecular complexity index is 648. The van der Waals surface area contributed by atoms with E-state index in [-0.39, 0.29) is 0 Å². The number of benzene rings is 1. The Labute approximate surface area is 132 Å². The highest BCUT2D eigenvalue weighted by Crippen LogP contribution is 2.43. The van der Waals surface area contributed by atoms with Crippen molar-refractivity contribution in [2.75, 3.05) is 0 Å². The molecule has 0 amide bonds. The van der Waals surface area contributed by atoms with Gasteiger partial charge in [-0.1, -0.05) is 25.1 Å². The van der Waals surface area contributed by atoms with Crippen molar-refractivity contribution in [1.29, 1.82) is 0 Å². The minimum atomic E-state index is -3.92. The molecule has 0 radical (unpaired) electrons. The lowest BCUT2D eigenvalue weighted by Gasteiger charge is -2.35. The van der Waals surface area contributed by atoms with Crippen molar-refractivity contribution in [1.82, 2.24) is 0 Å². The first-order chi connectivity index (χ1) is 10.6. The van der Waals surface area contributed by atoms with Gasteiger partial charge in [0.25, 0.3) is 0 Å². The Morgan fingerprint density at radius 1 is 1.30 bits per heavy atom. The third-order valence-corrected chi connectivity index (χ3v) is 3.38. The molecule has 6 heteroatoms. The van der Waals surface area contributed by atoms with Crippen LogP contribution in [0.2, 0.25) is 0 Å². The summed E-state index contributed by atoms with van der Waals surface area (Å²) in [5.74, 6) is -6.09. The molecule has 23 heavy (non-hydrogen) atoms. The van der Waals surface area contributed by atoms with E-state index in [4.69, 9.17) is 0 Å². The van der Waals surface area contributed by atoms with Crippen molar-refractivity contribution in [3.63, 3.8) is 0 Å². The van der Waals surface area contributed by atoms with Crippen LogP contribution in [0.5, 0.6) is 0 Å². The number of hydrogen-bond donors (Lipinski definition) is 1. The Morgan fingerprint density at radius 3 is 2.35 bits per heavy atom. The van der Waals surface area contributed by atoms with Crippen molar-refractivity contribution in [2.24, 2.45) is 4.99 Å². The van der Waals surface area contributed by atoms with Gasteiger partial charge in [-0.15, -0.1) is 0 Å². The summed E-state index contributed by atoms with van der Waals surface area (Å²) in [5, 5.41) is 10.5. The summed E-state index contributed by atoms with van der Waals surface area (Å²) in [6.45, 7) is 7.88. The number of halogens is 4. The monoisotopic (exact) mass is 329 g/mol. The molecule has 0 fully saturated rings. The minimum Gasteiger partial charge on any atom is -0.378 e. The summed E-state index contributed by atoms with van der Waals surface area (Å²) in [6.07, 6.45) is 1.49. The fraction of sp³-hybridized carbons (Fsp3) is 0.353. The molecule has 0 aliphatic rings. The molecule has 1 rings (SSSR count). The van der Waals surface area contributed by atoms with E-state index in [0.717, 1.165) is 18.2 Å². The van der Waals surface area contributed by atoms with Crippen molar-refractivity contribution in [3.05, 3.63) is 59.8 Å². The molecular formula is C17H19F4NO. The average Bonchev–Trinajstić information content (AvgIpc) is 2.46. The Morgan fingerprint density at radius 2 is 1.91 bits per heavy atom. The molecule has 0 aliphatic heterocycles. The molecular weight excluding hydrogens is 310 g/mol. The highest BCUT2D eigenvalue weighted by molar-refractivity contribution is 6.01. The van der Waals surface area contributed by atoms with Crippen LogP contribution in [0.4, 0.5) is 17.6 Å². The van der Waals surface area contributed by atoms with E-state index in [1.807, 2.05) is 0 Å². The molecule has 0 aromatic heterocycles. The molecule has 0 aliphatic carbocycles. The van der Waals surface area contributed by atoms with Gasteiger partial charge in [-0.3, -0.25) is 4.99 Å². The van der Waals surface area contributed by atoms with Gasteiger partial charge in [0.2, 0.25) is 0 Å². The van der Waals surface area contributed by atoms with Gasteiger partial charge in [-0.05, 0) is 32.4 Å². The van der Waals surface area contributed by atoms with E-state index in [9.17, 15) is 22.7 Å². The van der Waals surface area contributed by atoms with Crippen LogP contribution in [0.1, 0.15) is 32.8 Å². The second-order valence-corrected chi connectivity index (χ2v) is 5.34. The van der Waals surface area contributed by atoms with Crippen LogP contribution in [-0.4, -0.2) is 16.7 Å². The Kier molecular flexibility index (Phi) is 5.88. The predicted octanol–water partition coefficient (Wildman–Crippen LogP) is 4.75. The first kappa shape index (κ1) is 19.1. The van der Waals surface area contributed by atoms with E-state index in [0.29, 0.717) is 11.6 Å². The fourth-order valence-corrected chi connectivity index (χ4v) is 2.08. The summed E-state index contributed by atoms with van der Waals surface area (Å²) in [6, 6.07) is 2.08. The van der Waals surface area contributed by atoms with E-state index in [1.54, 1.807) is 13.8 Å². The zero-order valence-corrected chi connectivity index (χ0v) is 13.2. The smallest absolute Gasteiger partial charge is 0.321 e. The standard InChI is InChI=1S/C17H19F4NO/c1-5-15(22-10-11(3)4)17(20,21)16(23,6-2)13-8-7-12(18)9-14(13)19/h5,7-10,23H,1,6H2,2-4H3/t16-/m0/s1. The van der Waals surface area contributed by atoms with Gasteiger partial charge < -0.3 is 5.11 Å². The van der Waals surface area contributed by atoms with Gasteiger partial charge in [-0.2, -0.15) is 8.78 Å². The number of nitrogens with zero attached hydrogens (tertiary/aromatic N) is 1.